The number of aromatic nitrogens is 2. The van der Waals surface area contributed by atoms with Gasteiger partial charge in [-0.25, -0.2) is 9.37 Å². The van der Waals surface area contributed by atoms with Gasteiger partial charge < -0.3 is 9.88 Å². The van der Waals surface area contributed by atoms with E-state index in [1.165, 1.54) is 23.5 Å². The Morgan fingerprint density at radius 3 is 2.71 bits per heavy atom. The Kier molecular flexibility index (Phi) is 4.49. The minimum Gasteiger partial charge on any atom is -0.337 e. The Labute approximate surface area is 144 Å². The number of rotatable bonds is 4. The molecule has 4 nitrogen and oxygen atoms in total. The first-order valence-corrected chi connectivity index (χ1v) is 8.38. The van der Waals surface area contributed by atoms with Crippen molar-refractivity contribution in [2.45, 2.75) is 19.9 Å². The molecule has 1 atom stereocenters. The second-order valence-corrected chi connectivity index (χ2v) is 6.96. The Hall–Kier alpha value is -2.47. The summed E-state index contributed by atoms with van der Waals surface area (Å²) in [4.78, 5) is 18.7. The van der Waals surface area contributed by atoms with E-state index in [1.807, 2.05) is 31.5 Å². The highest BCUT2D eigenvalue weighted by atomic mass is 32.1. The SMILES string of the molecule is Cc1cc(C(=O)NC(c2cccc(F)c2)c2nccn2C)sc1C. The Bertz CT molecular complexity index is 865. The minimum absolute atomic E-state index is 0.187. The van der Waals surface area contributed by atoms with Gasteiger partial charge in [-0.2, -0.15) is 0 Å². The standard InChI is InChI=1S/C18H18FN3OS/c1-11-9-15(24-12(11)2)18(23)21-16(17-20-7-8-22(17)3)13-5-4-6-14(19)10-13/h4-10,16H,1-3H3,(H,21,23). The molecule has 3 rings (SSSR count). The highest BCUT2D eigenvalue weighted by molar-refractivity contribution is 7.14. The highest BCUT2D eigenvalue weighted by Gasteiger charge is 2.22. The molecule has 1 N–H and O–H groups in total. The van der Waals surface area contributed by atoms with Crippen LogP contribution in [0.15, 0.2) is 42.7 Å². The molecule has 6 heteroatoms. The lowest BCUT2D eigenvalue weighted by atomic mass is 10.1. The van der Waals surface area contributed by atoms with E-state index >= 15 is 0 Å². The zero-order valence-corrected chi connectivity index (χ0v) is 14.5. The molecule has 0 aliphatic heterocycles. The third-order valence-corrected chi connectivity index (χ3v) is 5.12. The van der Waals surface area contributed by atoms with Gasteiger partial charge in [-0.15, -0.1) is 11.3 Å². The van der Waals surface area contributed by atoms with E-state index in [-0.39, 0.29) is 11.7 Å². The molecule has 0 saturated carbocycles. The molecule has 3 aromatic rings. The minimum atomic E-state index is -0.518. The Morgan fingerprint density at radius 1 is 1.33 bits per heavy atom. The third-order valence-electron chi connectivity index (χ3n) is 3.96. The number of aryl methyl sites for hydroxylation is 3. The second-order valence-electron chi connectivity index (χ2n) is 5.71. The van der Waals surface area contributed by atoms with Gasteiger partial charge in [-0.1, -0.05) is 12.1 Å². The lowest BCUT2D eigenvalue weighted by molar-refractivity contribution is 0.0945. The molecule has 0 saturated heterocycles. The summed E-state index contributed by atoms with van der Waals surface area (Å²) in [5.74, 6) is 0.121. The van der Waals surface area contributed by atoms with Crippen LogP contribution in [-0.2, 0) is 7.05 Å². The van der Waals surface area contributed by atoms with Gasteiger partial charge in [0.25, 0.3) is 5.91 Å². The maximum Gasteiger partial charge on any atom is 0.262 e. The first kappa shape index (κ1) is 16.4. The van der Waals surface area contributed by atoms with E-state index in [1.54, 1.807) is 24.5 Å². The van der Waals surface area contributed by atoms with Crippen LogP contribution in [0.2, 0.25) is 0 Å². The fraction of sp³-hybridized carbons (Fsp3) is 0.222. The topological polar surface area (TPSA) is 46.9 Å². The van der Waals surface area contributed by atoms with Crippen molar-refractivity contribution in [3.8, 4) is 0 Å². The summed E-state index contributed by atoms with van der Waals surface area (Å²) in [7, 11) is 1.85. The quantitative estimate of drug-likeness (QED) is 0.784. The van der Waals surface area contributed by atoms with Crippen LogP contribution in [0.3, 0.4) is 0 Å². The number of hydrogen-bond acceptors (Lipinski definition) is 3. The van der Waals surface area contributed by atoms with E-state index in [0.29, 0.717) is 16.3 Å². The van der Waals surface area contributed by atoms with Crippen molar-refractivity contribution in [2.75, 3.05) is 0 Å². The summed E-state index contributed by atoms with van der Waals surface area (Å²) in [5, 5.41) is 2.98. The van der Waals surface area contributed by atoms with Crippen LogP contribution < -0.4 is 5.32 Å². The van der Waals surface area contributed by atoms with Crippen molar-refractivity contribution in [2.24, 2.45) is 7.05 Å². The summed E-state index contributed by atoms with van der Waals surface area (Å²) in [6, 6.07) is 7.57. The van der Waals surface area contributed by atoms with E-state index < -0.39 is 6.04 Å². The number of amides is 1. The second kappa shape index (κ2) is 6.57. The van der Waals surface area contributed by atoms with Gasteiger partial charge in [0.05, 0.1) is 4.88 Å². The zero-order chi connectivity index (χ0) is 17.3. The van der Waals surface area contributed by atoms with Gasteiger partial charge in [0.2, 0.25) is 0 Å². The molecule has 1 amide bonds. The van der Waals surface area contributed by atoms with Crippen LogP contribution >= 0.6 is 11.3 Å². The van der Waals surface area contributed by atoms with Gasteiger partial charge in [-0.05, 0) is 43.2 Å². The van der Waals surface area contributed by atoms with Gasteiger partial charge in [0, 0.05) is 24.3 Å². The number of carbonyl (C=O) groups excluding carboxylic acids is 1. The molecule has 24 heavy (non-hydrogen) atoms. The lowest BCUT2D eigenvalue weighted by Crippen LogP contribution is -2.30. The zero-order valence-electron chi connectivity index (χ0n) is 13.7. The number of thiophene rings is 1. The molecule has 2 heterocycles. The molecule has 0 spiro atoms. The van der Waals surface area contributed by atoms with Gasteiger partial charge in [0.1, 0.15) is 17.7 Å². The van der Waals surface area contributed by atoms with Crippen LogP contribution in [0.25, 0.3) is 0 Å². The first-order chi connectivity index (χ1) is 11.5. The largest absolute Gasteiger partial charge is 0.337 e. The van der Waals surface area contributed by atoms with Gasteiger partial charge in [0.15, 0.2) is 0 Å². The van der Waals surface area contributed by atoms with Crippen molar-refractivity contribution in [1.29, 1.82) is 0 Å². The van der Waals surface area contributed by atoms with E-state index in [4.69, 9.17) is 0 Å². The summed E-state index contributed by atoms with van der Waals surface area (Å²) < 4.78 is 15.5. The average Bonchev–Trinajstić information content (AvgIpc) is 3.11. The average molecular weight is 343 g/mol. The van der Waals surface area contributed by atoms with Crippen molar-refractivity contribution < 1.29 is 9.18 Å². The molecule has 0 fully saturated rings. The summed E-state index contributed by atoms with van der Waals surface area (Å²) in [5.41, 5.74) is 1.74. The fourth-order valence-corrected chi connectivity index (χ4v) is 3.46. The predicted molar refractivity (Wildman–Crippen MR) is 92.7 cm³/mol. The number of imidazole rings is 1. The van der Waals surface area contributed by atoms with Crippen molar-refractivity contribution in [3.05, 3.63) is 75.2 Å². The van der Waals surface area contributed by atoms with Gasteiger partial charge in [-0.3, -0.25) is 4.79 Å². The monoisotopic (exact) mass is 343 g/mol. The van der Waals surface area contributed by atoms with Gasteiger partial charge >= 0.3 is 0 Å². The summed E-state index contributed by atoms with van der Waals surface area (Å²) >= 11 is 1.45. The number of carbonyl (C=O) groups is 1. The number of halogens is 1. The maximum atomic E-state index is 13.6. The smallest absolute Gasteiger partial charge is 0.262 e. The molecule has 1 unspecified atom stereocenters. The van der Waals surface area contributed by atoms with Crippen molar-refractivity contribution in [1.82, 2.24) is 14.9 Å². The first-order valence-electron chi connectivity index (χ1n) is 7.56. The molecule has 124 valence electrons. The van der Waals surface area contributed by atoms with E-state index in [0.717, 1.165) is 10.4 Å². The van der Waals surface area contributed by atoms with Crippen molar-refractivity contribution in [3.63, 3.8) is 0 Å². The van der Waals surface area contributed by atoms with E-state index in [9.17, 15) is 9.18 Å². The molecule has 0 radical (unpaired) electrons. The number of nitrogens with one attached hydrogen (secondary N) is 1. The normalized spacial score (nSPS) is 12.2. The van der Waals surface area contributed by atoms with Crippen LogP contribution in [-0.4, -0.2) is 15.5 Å². The molecular weight excluding hydrogens is 325 g/mol. The maximum absolute atomic E-state index is 13.6. The lowest BCUT2D eigenvalue weighted by Gasteiger charge is -2.19. The van der Waals surface area contributed by atoms with E-state index in [2.05, 4.69) is 10.3 Å². The van der Waals surface area contributed by atoms with Crippen LogP contribution in [0.1, 0.15) is 37.5 Å². The molecule has 0 aliphatic carbocycles. The third kappa shape index (κ3) is 3.23. The van der Waals surface area contributed by atoms with Crippen LogP contribution in [0.5, 0.6) is 0 Å². The van der Waals surface area contributed by atoms with Crippen molar-refractivity contribution >= 4 is 17.2 Å². The molecule has 0 aliphatic rings. The molecular formula is C18H18FN3OS. The predicted octanol–water partition coefficient (Wildman–Crippen LogP) is 3.76. The van der Waals surface area contributed by atoms with Crippen LogP contribution in [0.4, 0.5) is 4.39 Å². The number of benzene rings is 1. The highest BCUT2D eigenvalue weighted by Crippen LogP contribution is 2.24. The summed E-state index contributed by atoms with van der Waals surface area (Å²) in [6.07, 6.45) is 3.46. The number of hydrogen-bond donors (Lipinski definition) is 1. The fourth-order valence-electron chi connectivity index (χ4n) is 2.53. The Balaban J connectivity index is 1.96. The summed E-state index contributed by atoms with van der Waals surface area (Å²) in [6.45, 7) is 3.96. The van der Waals surface area contributed by atoms with Crippen LogP contribution in [0, 0.1) is 19.7 Å². The number of nitrogens with zero attached hydrogens (tertiary/aromatic N) is 2. The molecule has 2 aromatic heterocycles. The molecule has 0 bridgehead atoms. The molecule has 1 aromatic carbocycles. The Morgan fingerprint density at radius 2 is 2.12 bits per heavy atom.